The molecule has 0 saturated heterocycles. The fourth-order valence-corrected chi connectivity index (χ4v) is 7.97. The van der Waals surface area contributed by atoms with Gasteiger partial charge in [-0.25, -0.2) is 14.8 Å². The van der Waals surface area contributed by atoms with Gasteiger partial charge in [0.2, 0.25) is 5.95 Å². The van der Waals surface area contributed by atoms with Gasteiger partial charge in [0.1, 0.15) is 0 Å². The van der Waals surface area contributed by atoms with Crippen molar-refractivity contribution in [3.8, 4) is 17.2 Å². The molecular weight excluding hydrogens is 589 g/mol. The molecule has 6 heteroatoms. The maximum absolute atomic E-state index is 7.65. The Balaban J connectivity index is 1.40. The number of hydrogen-bond acceptors (Lipinski definition) is 3. The second-order valence-corrected chi connectivity index (χ2v) is 12.3. The van der Waals surface area contributed by atoms with Gasteiger partial charge in [0.25, 0.3) is 0 Å². The molecule has 5 heterocycles. The van der Waals surface area contributed by atoms with Gasteiger partial charge in [0.05, 0.1) is 39.8 Å². The Bertz CT molecular complexity index is 3200. The first-order valence-electron chi connectivity index (χ1n) is 15.9. The molecule has 5 aromatic heterocycles. The Morgan fingerprint density at radius 2 is 1.29 bits per heavy atom. The number of para-hydroxylation sites is 2. The van der Waals surface area contributed by atoms with Crippen LogP contribution in [-0.2, 0) is 0 Å². The van der Waals surface area contributed by atoms with Crippen molar-refractivity contribution in [3.63, 3.8) is 0 Å². The van der Waals surface area contributed by atoms with Gasteiger partial charge in [-0.15, -0.1) is 0 Å². The van der Waals surface area contributed by atoms with E-state index in [9.17, 15) is 0 Å². The fourth-order valence-electron chi connectivity index (χ4n) is 7.97. The summed E-state index contributed by atoms with van der Waals surface area (Å²) in [4.78, 5) is 18.9. The van der Waals surface area contributed by atoms with Gasteiger partial charge in [0.15, 0.2) is 11.3 Å². The van der Waals surface area contributed by atoms with Crippen LogP contribution in [0.3, 0.4) is 0 Å². The summed E-state index contributed by atoms with van der Waals surface area (Å²) in [5.74, 6) is 0.544. The van der Waals surface area contributed by atoms with Crippen molar-refractivity contribution in [2.24, 2.45) is 0 Å². The quantitative estimate of drug-likeness (QED) is 0.183. The second-order valence-electron chi connectivity index (χ2n) is 12.3. The Morgan fingerprint density at radius 3 is 2.17 bits per heavy atom. The molecule has 48 heavy (non-hydrogen) atoms. The van der Waals surface area contributed by atoms with Crippen LogP contribution >= 0.6 is 0 Å². The summed E-state index contributed by atoms with van der Waals surface area (Å²) >= 11 is 0. The molecule has 11 aromatic rings. The highest BCUT2D eigenvalue weighted by molar-refractivity contribution is 6.37. The summed E-state index contributed by atoms with van der Waals surface area (Å²) in [5, 5.41) is 10.4. The molecule has 6 aromatic carbocycles. The number of nitrogens with zero attached hydrogens (tertiary/aromatic N) is 6. The van der Waals surface area contributed by atoms with E-state index in [4.69, 9.17) is 21.5 Å². The molecule has 0 spiro atoms. The third kappa shape index (κ3) is 3.17. The average Bonchev–Trinajstić information content (AvgIpc) is 3.79. The predicted molar refractivity (Wildman–Crippen MR) is 196 cm³/mol. The van der Waals surface area contributed by atoms with Crippen molar-refractivity contribution in [1.29, 1.82) is 0 Å². The summed E-state index contributed by atoms with van der Waals surface area (Å²) in [6, 6.07) is 44.3. The molecule has 0 bridgehead atoms. The first-order chi connectivity index (χ1) is 23.8. The highest BCUT2D eigenvalue weighted by Crippen LogP contribution is 2.48. The largest absolute Gasteiger partial charge is 0.308 e. The molecule has 0 N–H and O–H groups in total. The molecule has 0 unspecified atom stereocenters. The average molecular weight is 611 g/mol. The minimum Gasteiger partial charge on any atom is -0.308 e. The van der Waals surface area contributed by atoms with Gasteiger partial charge >= 0.3 is 0 Å². The molecule has 0 amide bonds. The second kappa shape index (κ2) is 9.12. The fraction of sp³-hybridized carbons (Fsp3) is 0. The molecule has 6 nitrogen and oxygen atoms in total. The van der Waals surface area contributed by atoms with Crippen molar-refractivity contribution in [2.75, 3.05) is 0 Å². The van der Waals surface area contributed by atoms with Crippen LogP contribution < -0.4 is 0 Å². The summed E-state index contributed by atoms with van der Waals surface area (Å²) in [7, 11) is 0. The predicted octanol–water partition coefficient (Wildman–Crippen LogP) is 10.6. The van der Waals surface area contributed by atoms with Gasteiger partial charge < -0.3 is 4.40 Å². The summed E-state index contributed by atoms with van der Waals surface area (Å²) in [5.41, 5.74) is 8.43. The van der Waals surface area contributed by atoms with Crippen LogP contribution in [0.15, 0.2) is 134 Å². The third-order valence-corrected chi connectivity index (χ3v) is 9.90. The normalized spacial score (nSPS) is 12.1. The number of aromatic nitrogens is 5. The number of hydrogen-bond donors (Lipinski definition) is 0. The zero-order valence-electron chi connectivity index (χ0n) is 25.4. The monoisotopic (exact) mass is 610 g/mol. The lowest BCUT2D eigenvalue weighted by Gasteiger charge is -2.12. The molecule has 0 aliphatic carbocycles. The van der Waals surface area contributed by atoms with E-state index in [1.807, 2.05) is 36.4 Å². The van der Waals surface area contributed by atoms with Gasteiger partial charge in [-0.05, 0) is 58.8 Å². The zero-order chi connectivity index (χ0) is 31.5. The van der Waals surface area contributed by atoms with E-state index < -0.39 is 0 Å². The molecule has 11 rings (SSSR count). The lowest BCUT2D eigenvalue weighted by molar-refractivity contribution is 1.01. The first-order valence-corrected chi connectivity index (χ1v) is 15.9. The minimum absolute atomic E-state index is 0.544. The minimum atomic E-state index is 0.544. The van der Waals surface area contributed by atoms with Gasteiger partial charge in [0, 0.05) is 43.9 Å². The smallest absolute Gasteiger partial charge is 0.237 e. The molecule has 0 radical (unpaired) electrons. The number of benzene rings is 6. The van der Waals surface area contributed by atoms with E-state index in [0.717, 1.165) is 38.4 Å². The molecule has 0 fully saturated rings. The topological polar surface area (TPSA) is 52.4 Å². The number of pyridine rings is 1. The molecular formula is C42H22N6. The molecule has 0 saturated carbocycles. The SMILES string of the molecule is [C-]#[N+]c1cccc(-c2nc(-n3c4ccccc4c4cc5c6ccccc6n6c7ccc8ccccc8c7c(c43)c56)nc3ncccc23)c1. The van der Waals surface area contributed by atoms with Crippen molar-refractivity contribution < 1.29 is 0 Å². The van der Waals surface area contributed by atoms with Crippen molar-refractivity contribution in [1.82, 2.24) is 23.9 Å². The van der Waals surface area contributed by atoms with Crippen molar-refractivity contribution in [2.45, 2.75) is 0 Å². The van der Waals surface area contributed by atoms with Gasteiger partial charge in [-0.3, -0.25) is 4.57 Å². The van der Waals surface area contributed by atoms with E-state index >= 15 is 0 Å². The highest BCUT2D eigenvalue weighted by atomic mass is 15.2. The van der Waals surface area contributed by atoms with E-state index in [2.05, 4.69) is 105 Å². The van der Waals surface area contributed by atoms with Crippen LogP contribution in [0.5, 0.6) is 0 Å². The van der Waals surface area contributed by atoms with Crippen LogP contribution in [0.4, 0.5) is 5.69 Å². The third-order valence-electron chi connectivity index (χ3n) is 9.90. The maximum Gasteiger partial charge on any atom is 0.237 e. The summed E-state index contributed by atoms with van der Waals surface area (Å²) < 4.78 is 4.67. The van der Waals surface area contributed by atoms with E-state index in [0.29, 0.717) is 17.3 Å². The van der Waals surface area contributed by atoms with Crippen LogP contribution in [0, 0.1) is 6.57 Å². The molecule has 0 aliphatic heterocycles. The standard InChI is InChI=1S/C42H22N6/c1-43-26-12-8-11-25(22-26)38-30-16-9-21-44-41(30)46-42(45-38)48-34-18-7-5-15-29(34)32-23-31-28-14-4-6-17-33(28)47-35-20-19-24-10-2-3-13-27(24)36(35)37(39(31)47)40(32)48/h2-23H. The van der Waals surface area contributed by atoms with E-state index in [-0.39, 0.29) is 0 Å². The van der Waals surface area contributed by atoms with Crippen molar-refractivity contribution >= 4 is 87.4 Å². The first kappa shape index (κ1) is 25.4. The van der Waals surface area contributed by atoms with Crippen LogP contribution in [-0.4, -0.2) is 23.9 Å². The molecule has 220 valence electrons. The van der Waals surface area contributed by atoms with Crippen LogP contribution in [0.2, 0.25) is 0 Å². The van der Waals surface area contributed by atoms with Crippen LogP contribution in [0.25, 0.3) is 104 Å². The Hall–Kier alpha value is -6.84. The van der Waals surface area contributed by atoms with Gasteiger partial charge in [-0.1, -0.05) is 84.9 Å². The van der Waals surface area contributed by atoms with E-state index in [1.54, 1.807) is 6.20 Å². The maximum atomic E-state index is 7.65. The zero-order valence-corrected chi connectivity index (χ0v) is 25.4. The molecule has 0 atom stereocenters. The summed E-state index contributed by atoms with van der Waals surface area (Å²) in [6.45, 7) is 7.65. The van der Waals surface area contributed by atoms with Crippen LogP contribution in [0.1, 0.15) is 0 Å². The summed E-state index contributed by atoms with van der Waals surface area (Å²) in [6.07, 6.45) is 1.77. The van der Waals surface area contributed by atoms with Gasteiger partial charge in [-0.2, -0.15) is 4.98 Å². The Kier molecular flexibility index (Phi) is 4.82. The number of fused-ring (bicyclic) bond motifs is 13. The number of rotatable bonds is 2. The highest BCUT2D eigenvalue weighted by Gasteiger charge is 2.26. The Morgan fingerprint density at radius 1 is 0.542 bits per heavy atom. The lowest BCUT2D eigenvalue weighted by Crippen LogP contribution is -2.04. The molecule has 0 aliphatic rings. The Labute approximate surface area is 272 Å². The van der Waals surface area contributed by atoms with Crippen molar-refractivity contribution in [3.05, 3.63) is 145 Å². The van der Waals surface area contributed by atoms with E-state index in [1.165, 1.54) is 48.9 Å². The lowest BCUT2D eigenvalue weighted by atomic mass is 10.00.